The van der Waals surface area contributed by atoms with Crippen molar-refractivity contribution in [3.05, 3.63) is 64.1 Å². The molecule has 2 amide bonds. The number of carbonyl (C=O) groups is 2. The number of aryl methyl sites for hydroxylation is 1. The van der Waals surface area contributed by atoms with E-state index >= 15 is 0 Å². The molecule has 0 saturated carbocycles. The average molecular weight is 539 g/mol. The van der Waals surface area contributed by atoms with Gasteiger partial charge in [0.25, 0.3) is 0 Å². The summed E-state index contributed by atoms with van der Waals surface area (Å²) < 4.78 is 26.9. The summed E-state index contributed by atoms with van der Waals surface area (Å²) in [6.07, 6.45) is 1.82. The van der Waals surface area contributed by atoms with E-state index in [1.165, 1.54) is 4.90 Å². The van der Waals surface area contributed by atoms with Crippen LogP contribution in [0.25, 0.3) is 0 Å². The van der Waals surface area contributed by atoms with Gasteiger partial charge in [-0.1, -0.05) is 47.1 Å². The fourth-order valence-electron chi connectivity index (χ4n) is 3.24. The molecular formula is C24H32BrN3O4S. The zero-order valence-electron chi connectivity index (χ0n) is 19.7. The maximum absolute atomic E-state index is 13.5. The van der Waals surface area contributed by atoms with Crippen molar-refractivity contribution in [1.82, 2.24) is 10.2 Å². The summed E-state index contributed by atoms with van der Waals surface area (Å²) >= 11 is 3.34. The molecule has 0 spiro atoms. The largest absolute Gasteiger partial charge is 0.352 e. The van der Waals surface area contributed by atoms with E-state index in [4.69, 9.17) is 0 Å². The van der Waals surface area contributed by atoms with Crippen molar-refractivity contribution in [1.29, 1.82) is 0 Å². The van der Waals surface area contributed by atoms with E-state index in [1.807, 2.05) is 45.0 Å². The highest BCUT2D eigenvalue weighted by Crippen LogP contribution is 2.22. The molecular weight excluding hydrogens is 506 g/mol. The number of amides is 2. The molecule has 1 N–H and O–H groups in total. The van der Waals surface area contributed by atoms with Gasteiger partial charge in [-0.25, -0.2) is 8.42 Å². The molecule has 0 aliphatic rings. The lowest BCUT2D eigenvalue weighted by Crippen LogP contribution is -2.52. The van der Waals surface area contributed by atoms with Crippen LogP contribution in [0.3, 0.4) is 0 Å². The van der Waals surface area contributed by atoms with E-state index in [-0.39, 0.29) is 18.5 Å². The first-order chi connectivity index (χ1) is 15.4. The number of hydrogen-bond acceptors (Lipinski definition) is 4. The van der Waals surface area contributed by atoms with E-state index in [0.717, 1.165) is 32.6 Å². The molecule has 9 heteroatoms. The third-order valence-electron chi connectivity index (χ3n) is 5.56. The molecule has 2 rings (SSSR count). The van der Waals surface area contributed by atoms with Crippen LogP contribution >= 0.6 is 15.9 Å². The molecule has 0 aliphatic carbocycles. The number of nitrogens with zero attached hydrogens (tertiary/aromatic N) is 2. The molecule has 0 fully saturated rings. The smallest absolute Gasteiger partial charge is 0.244 e. The van der Waals surface area contributed by atoms with Gasteiger partial charge in [-0.05, 0) is 62.6 Å². The molecule has 0 aromatic heterocycles. The second kappa shape index (κ2) is 11.7. The van der Waals surface area contributed by atoms with Gasteiger partial charge in [0.1, 0.15) is 12.6 Å². The molecule has 180 valence electrons. The van der Waals surface area contributed by atoms with E-state index in [1.54, 1.807) is 31.2 Å². The van der Waals surface area contributed by atoms with Crippen molar-refractivity contribution >= 4 is 43.5 Å². The van der Waals surface area contributed by atoms with Crippen molar-refractivity contribution in [3.63, 3.8) is 0 Å². The van der Waals surface area contributed by atoms with Crippen LogP contribution in [0.15, 0.2) is 53.0 Å². The van der Waals surface area contributed by atoms with Crippen LogP contribution < -0.4 is 9.62 Å². The van der Waals surface area contributed by atoms with Crippen LogP contribution in [0, 0.1) is 6.92 Å². The summed E-state index contributed by atoms with van der Waals surface area (Å²) in [5, 5.41) is 2.92. The summed E-state index contributed by atoms with van der Waals surface area (Å²) in [7, 11) is -3.74. The van der Waals surface area contributed by atoms with Gasteiger partial charge in [-0.2, -0.15) is 0 Å². The number of halogens is 1. The highest BCUT2D eigenvalue weighted by atomic mass is 79.9. The molecule has 2 aromatic rings. The molecule has 2 atom stereocenters. The predicted molar refractivity (Wildman–Crippen MR) is 135 cm³/mol. The summed E-state index contributed by atoms with van der Waals surface area (Å²) in [6, 6.07) is 13.5. The molecule has 33 heavy (non-hydrogen) atoms. The summed E-state index contributed by atoms with van der Waals surface area (Å²) in [6.45, 7) is 7.25. The van der Waals surface area contributed by atoms with Crippen molar-refractivity contribution < 1.29 is 18.0 Å². The van der Waals surface area contributed by atoms with Gasteiger partial charge >= 0.3 is 0 Å². The minimum absolute atomic E-state index is 0.0364. The lowest BCUT2D eigenvalue weighted by Gasteiger charge is -2.32. The van der Waals surface area contributed by atoms with Gasteiger partial charge < -0.3 is 10.2 Å². The topological polar surface area (TPSA) is 86.8 Å². The summed E-state index contributed by atoms with van der Waals surface area (Å²) in [5.74, 6) is -0.737. The van der Waals surface area contributed by atoms with Crippen LogP contribution in [0.2, 0.25) is 0 Å². The van der Waals surface area contributed by atoms with Crippen LogP contribution in [0.5, 0.6) is 0 Å². The maximum atomic E-state index is 13.5. The van der Waals surface area contributed by atoms with Gasteiger partial charge in [0.15, 0.2) is 0 Å². The Kier molecular flexibility index (Phi) is 9.48. The minimum Gasteiger partial charge on any atom is -0.352 e. The number of anilines is 1. The summed E-state index contributed by atoms with van der Waals surface area (Å²) in [4.78, 5) is 27.8. The Labute approximate surface area is 205 Å². The number of benzene rings is 2. The zero-order chi connectivity index (χ0) is 24.8. The Bertz CT molecular complexity index is 1070. The standard InChI is InChI=1S/C24H32BrN3O4S/c1-6-18(3)26-24(30)19(4)27(15-20-10-8-7-9-17(20)2)23(29)16-28(33(5,31)32)22-13-11-21(25)12-14-22/h7-14,18-19H,6,15-16H2,1-5H3,(H,26,30). The fourth-order valence-corrected chi connectivity index (χ4v) is 4.35. The Hall–Kier alpha value is -2.39. The number of sulfonamides is 1. The number of rotatable bonds is 10. The highest BCUT2D eigenvalue weighted by Gasteiger charge is 2.30. The maximum Gasteiger partial charge on any atom is 0.244 e. The highest BCUT2D eigenvalue weighted by molar-refractivity contribution is 9.10. The van der Waals surface area contributed by atoms with Gasteiger partial charge in [-0.15, -0.1) is 0 Å². The Morgan fingerprint density at radius 1 is 1.06 bits per heavy atom. The Balaban J connectivity index is 2.39. The number of hydrogen-bond donors (Lipinski definition) is 1. The van der Waals surface area contributed by atoms with E-state index < -0.39 is 28.5 Å². The molecule has 0 heterocycles. The lowest BCUT2D eigenvalue weighted by molar-refractivity contribution is -0.139. The molecule has 0 aliphatic heterocycles. The van der Waals surface area contributed by atoms with Crippen molar-refractivity contribution in [3.8, 4) is 0 Å². The monoisotopic (exact) mass is 537 g/mol. The van der Waals surface area contributed by atoms with E-state index in [9.17, 15) is 18.0 Å². The van der Waals surface area contributed by atoms with E-state index in [0.29, 0.717) is 5.69 Å². The van der Waals surface area contributed by atoms with Gasteiger partial charge in [0.2, 0.25) is 21.8 Å². The number of carbonyl (C=O) groups excluding carboxylic acids is 2. The summed E-state index contributed by atoms with van der Waals surface area (Å²) in [5.41, 5.74) is 2.25. The first-order valence-electron chi connectivity index (χ1n) is 10.8. The van der Waals surface area contributed by atoms with Crippen molar-refractivity contribution in [2.75, 3.05) is 17.1 Å². The van der Waals surface area contributed by atoms with Crippen LogP contribution in [0.1, 0.15) is 38.3 Å². The van der Waals surface area contributed by atoms with Crippen molar-refractivity contribution in [2.45, 2.75) is 52.7 Å². The number of nitrogens with one attached hydrogen (secondary N) is 1. The van der Waals surface area contributed by atoms with E-state index in [2.05, 4.69) is 21.2 Å². The molecule has 2 unspecified atom stereocenters. The Morgan fingerprint density at radius 2 is 1.67 bits per heavy atom. The molecule has 0 radical (unpaired) electrons. The van der Waals surface area contributed by atoms with Gasteiger partial charge in [-0.3, -0.25) is 13.9 Å². The first-order valence-corrected chi connectivity index (χ1v) is 13.5. The molecule has 0 bridgehead atoms. The van der Waals surface area contributed by atoms with Crippen LogP contribution in [0.4, 0.5) is 5.69 Å². The normalized spacial score (nSPS) is 13.2. The third kappa shape index (κ3) is 7.57. The molecule has 0 saturated heterocycles. The SMILES string of the molecule is CCC(C)NC(=O)C(C)N(Cc1ccccc1C)C(=O)CN(c1ccc(Br)cc1)S(C)(=O)=O. The predicted octanol–water partition coefficient (Wildman–Crippen LogP) is 3.86. The lowest BCUT2D eigenvalue weighted by atomic mass is 10.1. The molecule has 7 nitrogen and oxygen atoms in total. The average Bonchev–Trinajstić information content (AvgIpc) is 2.76. The minimum atomic E-state index is -3.74. The van der Waals surface area contributed by atoms with Crippen molar-refractivity contribution in [2.24, 2.45) is 0 Å². The van der Waals surface area contributed by atoms with Gasteiger partial charge in [0.05, 0.1) is 11.9 Å². The van der Waals surface area contributed by atoms with Crippen LogP contribution in [-0.4, -0.2) is 50.0 Å². The van der Waals surface area contributed by atoms with Crippen LogP contribution in [-0.2, 0) is 26.2 Å². The second-order valence-electron chi connectivity index (χ2n) is 8.19. The zero-order valence-corrected chi connectivity index (χ0v) is 22.1. The fraction of sp³-hybridized carbons (Fsp3) is 0.417. The first kappa shape index (κ1) is 26.9. The molecule has 2 aromatic carbocycles. The quantitative estimate of drug-likeness (QED) is 0.498. The third-order valence-corrected chi connectivity index (χ3v) is 7.23. The van der Waals surface area contributed by atoms with Gasteiger partial charge in [0, 0.05) is 17.1 Å². The second-order valence-corrected chi connectivity index (χ2v) is 11.0. The Morgan fingerprint density at radius 3 is 2.21 bits per heavy atom.